The summed E-state index contributed by atoms with van der Waals surface area (Å²) >= 11 is 0. The van der Waals surface area contributed by atoms with Gasteiger partial charge in [-0.25, -0.2) is 9.98 Å². The van der Waals surface area contributed by atoms with Crippen LogP contribution in [0.2, 0.25) is 0 Å². The predicted octanol–water partition coefficient (Wildman–Crippen LogP) is 11.7. The second-order valence-corrected chi connectivity index (χ2v) is 17.0. The summed E-state index contributed by atoms with van der Waals surface area (Å²) in [6.45, 7) is 6.67. The minimum absolute atomic E-state index is 0. The van der Waals surface area contributed by atoms with Crippen LogP contribution in [0.3, 0.4) is 0 Å². The topological polar surface area (TPSA) is 50.6 Å². The van der Waals surface area contributed by atoms with Crippen molar-refractivity contribution in [2.45, 2.75) is 57.8 Å². The van der Waals surface area contributed by atoms with Crippen molar-refractivity contribution in [3.8, 4) is 34.0 Å². The predicted molar refractivity (Wildman–Crippen MR) is 223 cm³/mol. The molecule has 0 N–H and O–H groups in total. The fourth-order valence-corrected chi connectivity index (χ4v) is 9.52. The molecular formula is C51H40N4OPt. The van der Waals surface area contributed by atoms with Crippen LogP contribution in [0.1, 0.15) is 65.6 Å². The van der Waals surface area contributed by atoms with E-state index in [0.717, 1.165) is 58.3 Å². The standard InChI is InChI=1S/C51H40N4O.Pt/c1-50(2,3)39-22-23-52-46(26-39)55-45-27-40(20-21-42(45)48-41-14-6-7-15-44(41)54-49(48)55)56-47-17-9-16-43(53-47)34-13-8-12-32(24-34)33-18-19-37-30-51(31-38(37)25-33)28-35-10-4-5-11-36(35)29-51;/h4-12,14-26,48H,28-31H2,1-3H3;/q-2;+2. The molecule has 11 rings (SSSR count). The number of amidine groups is 1. The normalized spacial score (nSPS) is 16.6. The van der Waals surface area contributed by atoms with Crippen LogP contribution in [-0.4, -0.2) is 15.8 Å². The molecule has 1 atom stereocenters. The summed E-state index contributed by atoms with van der Waals surface area (Å²) in [6.07, 6.45) is 6.54. The molecule has 0 saturated carbocycles. The van der Waals surface area contributed by atoms with Gasteiger partial charge in [0.2, 0.25) is 5.88 Å². The Morgan fingerprint density at radius 1 is 0.719 bits per heavy atom. The van der Waals surface area contributed by atoms with E-state index in [0.29, 0.717) is 17.0 Å². The quantitative estimate of drug-likeness (QED) is 0.161. The summed E-state index contributed by atoms with van der Waals surface area (Å²) in [5.41, 5.74) is 15.9. The third-order valence-electron chi connectivity index (χ3n) is 12.2. The Morgan fingerprint density at radius 3 is 2.30 bits per heavy atom. The molecule has 4 aliphatic rings. The zero-order valence-electron chi connectivity index (χ0n) is 32.1. The number of benzene rings is 5. The van der Waals surface area contributed by atoms with E-state index in [-0.39, 0.29) is 32.4 Å². The number of ether oxygens (including phenoxy) is 1. The van der Waals surface area contributed by atoms with Crippen LogP contribution in [0.25, 0.3) is 22.4 Å². The number of fused-ring (bicyclic) bond motifs is 7. The van der Waals surface area contributed by atoms with E-state index in [4.69, 9.17) is 19.7 Å². The third-order valence-corrected chi connectivity index (χ3v) is 12.2. The first-order chi connectivity index (χ1) is 27.3. The van der Waals surface area contributed by atoms with E-state index in [1.54, 1.807) is 0 Å². The van der Waals surface area contributed by atoms with Crippen molar-refractivity contribution in [1.29, 1.82) is 0 Å². The van der Waals surface area contributed by atoms with Gasteiger partial charge in [-0.15, -0.1) is 53.1 Å². The van der Waals surface area contributed by atoms with E-state index < -0.39 is 0 Å². The summed E-state index contributed by atoms with van der Waals surface area (Å²) in [7, 11) is 0. The van der Waals surface area contributed by atoms with Crippen molar-refractivity contribution in [2.24, 2.45) is 10.4 Å². The molecule has 2 aromatic heterocycles. The number of aromatic nitrogens is 2. The first-order valence-electron chi connectivity index (χ1n) is 19.6. The van der Waals surface area contributed by atoms with Gasteiger partial charge in [-0.05, 0) is 105 Å². The molecule has 0 fully saturated rings. The molecule has 2 aliphatic carbocycles. The van der Waals surface area contributed by atoms with Crippen LogP contribution in [0.5, 0.6) is 11.6 Å². The number of para-hydroxylation sites is 1. The van der Waals surface area contributed by atoms with E-state index in [2.05, 4.69) is 129 Å². The third kappa shape index (κ3) is 6.15. The number of hydrogen-bond acceptors (Lipinski definition) is 5. The SMILES string of the molecule is CC(C)(C)c1ccnc(N2C3=Nc4ccccc4C3c3ccc(Oc4cccc(-c5[c-]ccc(-c6ccc7c(c6)CC6(Cc8ccccc8C6)C7)c5)n4)[c-]c32)c1.[Pt+2]. The second kappa shape index (κ2) is 13.5. The zero-order chi connectivity index (χ0) is 37.6. The average Bonchev–Trinajstić information content (AvgIpc) is 3.95. The van der Waals surface area contributed by atoms with Crippen molar-refractivity contribution in [1.82, 2.24) is 9.97 Å². The van der Waals surface area contributed by atoms with Gasteiger partial charge in [-0.2, -0.15) is 6.07 Å². The molecule has 1 spiro atoms. The molecule has 5 nitrogen and oxygen atoms in total. The van der Waals surface area contributed by atoms with Crippen LogP contribution < -0.4 is 9.64 Å². The maximum absolute atomic E-state index is 6.49. The van der Waals surface area contributed by atoms with Gasteiger partial charge in [0.1, 0.15) is 11.7 Å². The van der Waals surface area contributed by atoms with E-state index in [1.807, 2.05) is 42.6 Å². The van der Waals surface area contributed by atoms with Gasteiger partial charge in [0, 0.05) is 17.9 Å². The molecule has 5 aromatic carbocycles. The molecule has 4 heterocycles. The van der Waals surface area contributed by atoms with Gasteiger partial charge in [0.25, 0.3) is 0 Å². The van der Waals surface area contributed by atoms with Gasteiger partial charge in [-0.3, -0.25) is 4.98 Å². The Hall–Kier alpha value is -5.64. The fourth-order valence-electron chi connectivity index (χ4n) is 9.52. The summed E-state index contributed by atoms with van der Waals surface area (Å²) in [6, 6.07) is 52.1. The molecule has 1 unspecified atom stereocenters. The van der Waals surface area contributed by atoms with E-state index in [9.17, 15) is 0 Å². The van der Waals surface area contributed by atoms with Crippen LogP contribution in [0.4, 0.5) is 17.2 Å². The Labute approximate surface area is 348 Å². The minimum atomic E-state index is -0.0320. The molecule has 57 heavy (non-hydrogen) atoms. The smallest absolute Gasteiger partial charge is 0.466 e. The Morgan fingerprint density at radius 2 is 1.47 bits per heavy atom. The maximum Gasteiger partial charge on any atom is 2.00 e. The number of rotatable bonds is 5. The largest absolute Gasteiger partial charge is 2.00 e. The molecule has 0 radical (unpaired) electrons. The van der Waals surface area contributed by atoms with Gasteiger partial charge < -0.3 is 9.64 Å². The summed E-state index contributed by atoms with van der Waals surface area (Å²) in [5.74, 6) is 2.85. The number of pyridine rings is 2. The Kier molecular flexibility index (Phi) is 8.46. The first kappa shape index (κ1) is 35.8. The van der Waals surface area contributed by atoms with Crippen LogP contribution in [0.15, 0.2) is 139 Å². The number of hydrogen-bond donors (Lipinski definition) is 0. The van der Waals surface area contributed by atoms with Crippen molar-refractivity contribution in [2.75, 3.05) is 4.90 Å². The molecule has 6 heteroatoms. The minimum Gasteiger partial charge on any atom is -0.466 e. The molecule has 7 aromatic rings. The summed E-state index contributed by atoms with van der Waals surface area (Å²) in [4.78, 5) is 17.1. The van der Waals surface area contributed by atoms with Crippen LogP contribution in [-0.2, 0) is 52.2 Å². The maximum atomic E-state index is 6.49. The van der Waals surface area contributed by atoms with Crippen LogP contribution >= 0.6 is 0 Å². The summed E-state index contributed by atoms with van der Waals surface area (Å²) in [5, 5.41) is 0. The first-order valence-corrected chi connectivity index (χ1v) is 19.6. The van der Waals surface area contributed by atoms with Gasteiger partial charge in [0.05, 0.1) is 5.69 Å². The van der Waals surface area contributed by atoms with Gasteiger partial charge in [0.15, 0.2) is 0 Å². The second-order valence-electron chi connectivity index (χ2n) is 17.0. The number of aliphatic imine (C=N–C) groups is 1. The summed E-state index contributed by atoms with van der Waals surface area (Å²) < 4.78 is 6.49. The van der Waals surface area contributed by atoms with Crippen molar-refractivity contribution in [3.63, 3.8) is 0 Å². The number of nitrogens with zero attached hydrogens (tertiary/aromatic N) is 4. The molecule has 280 valence electrons. The molecule has 2 aliphatic heterocycles. The fraction of sp³-hybridized carbons (Fsp3) is 0.196. The molecular weight excluding hydrogens is 880 g/mol. The van der Waals surface area contributed by atoms with Gasteiger partial charge >= 0.3 is 21.1 Å². The van der Waals surface area contributed by atoms with E-state index >= 15 is 0 Å². The molecule has 0 bridgehead atoms. The van der Waals surface area contributed by atoms with Crippen LogP contribution in [0, 0.1) is 17.5 Å². The molecule has 0 saturated heterocycles. The van der Waals surface area contributed by atoms with E-state index in [1.165, 1.54) is 51.8 Å². The Balaban J connectivity index is 0.00000396. The van der Waals surface area contributed by atoms with Crippen molar-refractivity contribution in [3.05, 3.63) is 185 Å². The van der Waals surface area contributed by atoms with Crippen molar-refractivity contribution < 1.29 is 25.8 Å². The molecule has 0 amide bonds. The number of anilines is 2. The zero-order valence-corrected chi connectivity index (χ0v) is 34.4. The average molecular weight is 920 g/mol. The van der Waals surface area contributed by atoms with Crippen molar-refractivity contribution >= 4 is 23.0 Å². The Bertz CT molecular complexity index is 2740. The monoisotopic (exact) mass is 919 g/mol. The van der Waals surface area contributed by atoms with Gasteiger partial charge in [-0.1, -0.05) is 99.3 Å².